The first-order chi connectivity index (χ1) is 13.5. The van der Waals surface area contributed by atoms with Crippen LogP contribution in [-0.2, 0) is 14.3 Å². The van der Waals surface area contributed by atoms with Crippen molar-refractivity contribution in [1.82, 2.24) is 4.90 Å². The van der Waals surface area contributed by atoms with Crippen molar-refractivity contribution < 1.29 is 24.5 Å². The number of likely N-dealkylation sites (tertiary alicyclic amines) is 1. The lowest BCUT2D eigenvalue weighted by atomic mass is 9.95. The van der Waals surface area contributed by atoms with E-state index in [1.54, 1.807) is 42.5 Å². The van der Waals surface area contributed by atoms with Crippen LogP contribution in [0.3, 0.4) is 0 Å². The number of rotatable bonds is 7. The smallest absolute Gasteiger partial charge is 0.295 e. The Kier molecular flexibility index (Phi) is 6.61. The van der Waals surface area contributed by atoms with Crippen LogP contribution in [0.5, 0.6) is 0 Å². The van der Waals surface area contributed by atoms with Crippen LogP contribution < -0.4 is 0 Å². The largest absolute Gasteiger partial charge is 0.507 e. The highest BCUT2D eigenvalue weighted by atomic mass is 79.9. The molecule has 0 aromatic heterocycles. The van der Waals surface area contributed by atoms with E-state index in [0.29, 0.717) is 11.1 Å². The minimum absolute atomic E-state index is 0.0562. The molecule has 2 N–H and O–H groups in total. The SMILES string of the molecule is O=C1C(=O)N(CCOCCO)C(c2ccc(Br)cc2)/C1=C(\O)c1ccccc1. The molecule has 1 atom stereocenters. The number of ether oxygens (including phenoxy) is 1. The number of benzene rings is 2. The molecule has 0 bridgehead atoms. The van der Waals surface area contributed by atoms with Gasteiger partial charge in [-0.3, -0.25) is 9.59 Å². The molecule has 0 radical (unpaired) electrons. The van der Waals surface area contributed by atoms with Crippen LogP contribution >= 0.6 is 15.9 Å². The number of nitrogens with zero attached hydrogens (tertiary/aromatic N) is 1. The number of hydrogen-bond donors (Lipinski definition) is 2. The van der Waals surface area contributed by atoms with Gasteiger partial charge in [-0.05, 0) is 17.7 Å². The second-order valence-corrected chi connectivity index (χ2v) is 7.16. The normalized spacial score (nSPS) is 18.6. The van der Waals surface area contributed by atoms with E-state index in [9.17, 15) is 14.7 Å². The molecule has 0 aliphatic carbocycles. The average molecular weight is 446 g/mol. The number of ketones is 1. The first kappa shape index (κ1) is 20.3. The van der Waals surface area contributed by atoms with Crippen LogP contribution in [0.15, 0.2) is 64.6 Å². The third-order valence-electron chi connectivity index (χ3n) is 4.49. The number of aliphatic hydroxyl groups is 2. The fourth-order valence-electron chi connectivity index (χ4n) is 3.18. The van der Waals surface area contributed by atoms with Crippen LogP contribution in [-0.4, -0.2) is 53.2 Å². The molecule has 1 heterocycles. The molecule has 146 valence electrons. The zero-order valence-electron chi connectivity index (χ0n) is 15.0. The summed E-state index contributed by atoms with van der Waals surface area (Å²) in [6.45, 7) is 0.364. The highest BCUT2D eigenvalue weighted by molar-refractivity contribution is 9.10. The van der Waals surface area contributed by atoms with Gasteiger partial charge in [0.1, 0.15) is 5.76 Å². The fraction of sp³-hybridized carbons (Fsp3) is 0.238. The van der Waals surface area contributed by atoms with E-state index in [2.05, 4.69) is 15.9 Å². The summed E-state index contributed by atoms with van der Waals surface area (Å²) in [6.07, 6.45) is 0. The summed E-state index contributed by atoms with van der Waals surface area (Å²) in [5.41, 5.74) is 1.24. The molecule has 2 aromatic rings. The number of Topliss-reactive ketones (excluding diaryl/α,β-unsaturated/α-hetero) is 1. The molecule has 2 aromatic carbocycles. The fourth-order valence-corrected chi connectivity index (χ4v) is 3.45. The summed E-state index contributed by atoms with van der Waals surface area (Å²) in [5.74, 6) is -1.61. The molecule has 1 aliphatic heterocycles. The zero-order valence-corrected chi connectivity index (χ0v) is 16.6. The first-order valence-electron chi connectivity index (χ1n) is 8.82. The summed E-state index contributed by atoms with van der Waals surface area (Å²) in [6, 6.07) is 15.2. The minimum Gasteiger partial charge on any atom is -0.507 e. The number of carbonyl (C=O) groups is 2. The lowest BCUT2D eigenvalue weighted by molar-refractivity contribution is -0.140. The summed E-state index contributed by atoms with van der Waals surface area (Å²) in [5, 5.41) is 19.7. The Labute approximate surface area is 171 Å². The van der Waals surface area contributed by atoms with Gasteiger partial charge in [0.15, 0.2) is 0 Å². The molecule has 0 saturated carbocycles. The second-order valence-electron chi connectivity index (χ2n) is 6.25. The van der Waals surface area contributed by atoms with E-state index in [1.807, 2.05) is 12.1 Å². The number of aliphatic hydroxyl groups excluding tert-OH is 2. The van der Waals surface area contributed by atoms with Gasteiger partial charge in [-0.2, -0.15) is 0 Å². The second kappa shape index (κ2) is 9.14. The van der Waals surface area contributed by atoms with Gasteiger partial charge in [0.25, 0.3) is 11.7 Å². The van der Waals surface area contributed by atoms with Gasteiger partial charge < -0.3 is 19.8 Å². The van der Waals surface area contributed by atoms with Crippen molar-refractivity contribution in [2.75, 3.05) is 26.4 Å². The molecule has 1 fully saturated rings. The molecule has 1 unspecified atom stereocenters. The van der Waals surface area contributed by atoms with Crippen LogP contribution in [0.1, 0.15) is 17.2 Å². The average Bonchev–Trinajstić information content (AvgIpc) is 2.97. The van der Waals surface area contributed by atoms with Crippen molar-refractivity contribution in [2.24, 2.45) is 0 Å². The highest BCUT2D eigenvalue weighted by Crippen LogP contribution is 2.39. The van der Waals surface area contributed by atoms with Crippen LogP contribution in [0.4, 0.5) is 0 Å². The van der Waals surface area contributed by atoms with Crippen molar-refractivity contribution in [1.29, 1.82) is 0 Å². The van der Waals surface area contributed by atoms with E-state index in [0.717, 1.165) is 4.47 Å². The quantitative estimate of drug-likeness (QED) is 0.296. The maximum Gasteiger partial charge on any atom is 0.295 e. The Balaban J connectivity index is 2.04. The third kappa shape index (κ3) is 4.16. The maximum absolute atomic E-state index is 12.8. The van der Waals surface area contributed by atoms with Gasteiger partial charge >= 0.3 is 0 Å². The van der Waals surface area contributed by atoms with E-state index < -0.39 is 17.7 Å². The summed E-state index contributed by atoms with van der Waals surface area (Å²) < 4.78 is 6.13. The number of carbonyl (C=O) groups excluding carboxylic acids is 2. The number of hydrogen-bond acceptors (Lipinski definition) is 5. The van der Waals surface area contributed by atoms with E-state index in [-0.39, 0.29) is 37.7 Å². The Morgan fingerprint density at radius 1 is 1.04 bits per heavy atom. The molecule has 6 nitrogen and oxygen atoms in total. The van der Waals surface area contributed by atoms with Gasteiger partial charge in [-0.15, -0.1) is 0 Å². The Hall–Kier alpha value is -2.48. The predicted molar refractivity (Wildman–Crippen MR) is 107 cm³/mol. The van der Waals surface area contributed by atoms with E-state index in [4.69, 9.17) is 9.84 Å². The number of halogens is 1. The molecule has 1 saturated heterocycles. The standard InChI is InChI=1S/C21H20BrNO5/c22-16-8-6-14(7-9-16)18-17(19(25)15-4-2-1-3-5-15)20(26)21(27)23(18)10-12-28-13-11-24/h1-9,18,24-25H,10-13H2/b19-17+. The van der Waals surface area contributed by atoms with Crippen molar-refractivity contribution in [3.05, 3.63) is 75.8 Å². The monoisotopic (exact) mass is 445 g/mol. The molecule has 0 spiro atoms. The lowest BCUT2D eigenvalue weighted by Gasteiger charge is -2.25. The van der Waals surface area contributed by atoms with Gasteiger partial charge in [0.05, 0.1) is 31.4 Å². The van der Waals surface area contributed by atoms with Crippen LogP contribution in [0, 0.1) is 0 Å². The topological polar surface area (TPSA) is 87.1 Å². The van der Waals surface area contributed by atoms with Gasteiger partial charge in [0.2, 0.25) is 0 Å². The Bertz CT molecular complexity index is 879. The Morgan fingerprint density at radius 3 is 2.36 bits per heavy atom. The van der Waals surface area contributed by atoms with Crippen molar-refractivity contribution in [3.63, 3.8) is 0 Å². The van der Waals surface area contributed by atoms with E-state index >= 15 is 0 Å². The Morgan fingerprint density at radius 2 is 1.71 bits per heavy atom. The highest BCUT2D eigenvalue weighted by Gasteiger charge is 2.45. The summed E-state index contributed by atoms with van der Waals surface area (Å²) in [7, 11) is 0. The van der Waals surface area contributed by atoms with Crippen molar-refractivity contribution in [3.8, 4) is 0 Å². The van der Waals surface area contributed by atoms with Gasteiger partial charge in [0, 0.05) is 16.6 Å². The molecular weight excluding hydrogens is 426 g/mol. The molecule has 3 rings (SSSR count). The van der Waals surface area contributed by atoms with Gasteiger partial charge in [-0.25, -0.2) is 0 Å². The molecule has 1 amide bonds. The van der Waals surface area contributed by atoms with Crippen LogP contribution in [0.25, 0.3) is 5.76 Å². The predicted octanol–water partition coefficient (Wildman–Crippen LogP) is 2.88. The molecular formula is C21H20BrNO5. The van der Waals surface area contributed by atoms with Crippen molar-refractivity contribution >= 4 is 33.4 Å². The third-order valence-corrected chi connectivity index (χ3v) is 5.01. The maximum atomic E-state index is 12.8. The van der Waals surface area contributed by atoms with E-state index in [1.165, 1.54) is 4.90 Å². The molecule has 1 aliphatic rings. The van der Waals surface area contributed by atoms with Crippen LogP contribution in [0.2, 0.25) is 0 Å². The summed E-state index contributed by atoms with van der Waals surface area (Å²) >= 11 is 3.38. The zero-order chi connectivity index (χ0) is 20.1. The summed E-state index contributed by atoms with van der Waals surface area (Å²) in [4.78, 5) is 26.9. The molecule has 28 heavy (non-hydrogen) atoms. The minimum atomic E-state index is -0.726. The first-order valence-corrected chi connectivity index (χ1v) is 9.61. The number of amides is 1. The lowest BCUT2D eigenvalue weighted by Crippen LogP contribution is -2.33. The van der Waals surface area contributed by atoms with Gasteiger partial charge in [-0.1, -0.05) is 58.4 Å². The molecule has 7 heteroatoms. The van der Waals surface area contributed by atoms with Crippen molar-refractivity contribution in [2.45, 2.75) is 6.04 Å².